The van der Waals surface area contributed by atoms with E-state index in [0.29, 0.717) is 37.3 Å². The molecular weight excluding hydrogens is 759 g/mol. The van der Waals surface area contributed by atoms with Crippen molar-refractivity contribution in [3.63, 3.8) is 0 Å². The minimum absolute atomic E-state index is 0.0806. The quantitative estimate of drug-likeness (QED) is 0.196. The number of hydrogen-bond acceptors (Lipinski definition) is 10. The molecule has 1 saturated heterocycles. The van der Waals surface area contributed by atoms with Gasteiger partial charge in [0, 0.05) is 23.6 Å². The SMILES string of the molecule is C[C@@H]1CC/C=C\[C@@H]2C[C@@]2(C(=O)NS(=O)(=O)C2(C)CC2)CC(=O)[C@@H]2C[C@@H](Oc3ncc(OC4CC4)c4ccccc34)CN2C(=O)[C@@H](CC(=O)OC2CCCCC2)[C@H](C)C1. The van der Waals surface area contributed by atoms with Crippen LogP contribution < -0.4 is 14.2 Å². The van der Waals surface area contributed by atoms with Gasteiger partial charge in [0.25, 0.3) is 0 Å². The number of amides is 2. The standard InChI is InChI=1S/C45H59N3O9S/c1-28-11-7-8-12-30-24-45(30,43(52)47-58(53,54)44(3)19-20-44)25-38(49)37-22-33(57-41-35-16-10-9-15-34(35)39(26-46-41)55-32-17-18-32)27-48(37)42(51)36(29(2)21-28)23-40(50)56-31-13-5-4-6-14-31/h8-10,12,15-16,26,28-33,36-37H,4-7,11,13-14,17-25,27H2,1-3H3,(H,47,52)/b12-8-/t28-,29-,30-,33-,36+,37+,45-/m1/s1. The van der Waals surface area contributed by atoms with Gasteiger partial charge >= 0.3 is 5.97 Å². The molecule has 4 saturated carbocycles. The molecule has 0 bridgehead atoms. The maximum absolute atomic E-state index is 15.0. The zero-order chi connectivity index (χ0) is 40.8. The molecule has 0 radical (unpaired) electrons. The van der Waals surface area contributed by atoms with Crippen LogP contribution in [0.25, 0.3) is 10.8 Å². The number of ketones is 1. The van der Waals surface area contributed by atoms with Crippen LogP contribution in [-0.2, 0) is 33.9 Å². The van der Waals surface area contributed by atoms with Crippen LogP contribution in [0.3, 0.4) is 0 Å². The summed E-state index contributed by atoms with van der Waals surface area (Å²) in [6.07, 6.45) is 15.2. The Morgan fingerprint density at radius 3 is 2.40 bits per heavy atom. The molecule has 4 aliphatic carbocycles. The molecule has 1 aromatic heterocycles. The second-order valence-corrected chi connectivity index (χ2v) is 20.8. The number of allylic oxidation sites excluding steroid dienone is 2. The van der Waals surface area contributed by atoms with E-state index in [-0.39, 0.29) is 67.5 Å². The smallest absolute Gasteiger partial charge is 0.306 e. The van der Waals surface area contributed by atoms with E-state index in [1.807, 2.05) is 43.3 Å². The zero-order valence-corrected chi connectivity index (χ0v) is 35.0. The van der Waals surface area contributed by atoms with Gasteiger partial charge in [-0.2, -0.15) is 0 Å². The van der Waals surface area contributed by atoms with Crippen molar-refractivity contribution < 1.29 is 41.8 Å². The van der Waals surface area contributed by atoms with E-state index in [1.165, 1.54) is 0 Å². The van der Waals surface area contributed by atoms with Gasteiger partial charge in [-0.25, -0.2) is 13.4 Å². The first-order valence-electron chi connectivity index (χ1n) is 21.7. The van der Waals surface area contributed by atoms with Crippen molar-refractivity contribution in [3.05, 3.63) is 42.6 Å². The highest BCUT2D eigenvalue weighted by atomic mass is 32.2. The Morgan fingerprint density at radius 1 is 0.931 bits per heavy atom. The molecule has 8 rings (SSSR count). The third-order valence-corrected chi connectivity index (χ3v) is 16.0. The highest BCUT2D eigenvalue weighted by molar-refractivity contribution is 7.91. The average Bonchev–Trinajstić information content (AvgIpc) is 4.15. The van der Waals surface area contributed by atoms with Crippen LogP contribution in [0.15, 0.2) is 42.6 Å². The number of carbonyl (C=O) groups excluding carboxylic acids is 4. The molecule has 0 unspecified atom stereocenters. The number of nitrogens with zero attached hydrogens (tertiary/aromatic N) is 2. The number of pyridine rings is 1. The Bertz CT molecular complexity index is 2060. The largest absolute Gasteiger partial charge is 0.488 e. The molecule has 6 aliphatic rings. The van der Waals surface area contributed by atoms with Gasteiger partial charge in [0.05, 0.1) is 47.4 Å². The lowest BCUT2D eigenvalue weighted by atomic mass is 9.82. The minimum atomic E-state index is -3.95. The zero-order valence-electron chi connectivity index (χ0n) is 34.2. The Morgan fingerprint density at radius 2 is 1.67 bits per heavy atom. The second-order valence-electron chi connectivity index (χ2n) is 18.7. The van der Waals surface area contributed by atoms with Crippen LogP contribution >= 0.6 is 0 Å². The van der Waals surface area contributed by atoms with Crippen LogP contribution in [-0.4, -0.2) is 77.5 Å². The molecule has 3 heterocycles. The third kappa shape index (κ3) is 8.66. The Kier molecular flexibility index (Phi) is 11.4. The van der Waals surface area contributed by atoms with Gasteiger partial charge in [-0.05, 0) is 108 Å². The molecule has 58 heavy (non-hydrogen) atoms. The number of rotatable bonds is 10. The van der Waals surface area contributed by atoms with Crippen LogP contribution in [0.1, 0.15) is 124 Å². The van der Waals surface area contributed by atoms with E-state index in [2.05, 4.69) is 16.6 Å². The van der Waals surface area contributed by atoms with E-state index in [4.69, 9.17) is 14.2 Å². The Labute approximate surface area is 342 Å². The molecule has 5 fully saturated rings. The summed E-state index contributed by atoms with van der Waals surface area (Å²) in [6.45, 7) is 5.87. The van der Waals surface area contributed by atoms with E-state index in [0.717, 1.165) is 68.6 Å². The summed E-state index contributed by atoms with van der Waals surface area (Å²) < 4.78 is 46.6. The predicted octanol–water partition coefficient (Wildman–Crippen LogP) is 6.98. The van der Waals surface area contributed by atoms with Crippen LogP contribution in [0, 0.1) is 29.1 Å². The van der Waals surface area contributed by atoms with Gasteiger partial charge in [0.2, 0.25) is 27.7 Å². The number of Topliss-reactive ketones (excluding diaryl/α,β-unsaturated/α-hetero) is 1. The first kappa shape index (κ1) is 40.8. The molecular formula is C45H59N3O9S. The van der Waals surface area contributed by atoms with Crippen molar-refractivity contribution in [3.8, 4) is 11.6 Å². The van der Waals surface area contributed by atoms with E-state index in [1.54, 1.807) is 18.0 Å². The number of fused-ring (bicyclic) bond motifs is 3. The molecule has 2 aromatic rings. The number of benzene rings is 1. The fourth-order valence-corrected chi connectivity index (χ4v) is 10.9. The fourth-order valence-electron chi connectivity index (χ4n) is 9.53. The van der Waals surface area contributed by atoms with Crippen molar-refractivity contribution >= 4 is 44.4 Å². The van der Waals surface area contributed by atoms with Gasteiger partial charge in [-0.3, -0.25) is 23.9 Å². The van der Waals surface area contributed by atoms with Gasteiger partial charge in [0.15, 0.2) is 5.78 Å². The molecule has 7 atom stereocenters. The maximum Gasteiger partial charge on any atom is 0.306 e. The number of aromatic nitrogens is 1. The average molecular weight is 818 g/mol. The van der Waals surface area contributed by atoms with Gasteiger partial charge in [-0.15, -0.1) is 0 Å². The van der Waals surface area contributed by atoms with Crippen molar-refractivity contribution in [1.29, 1.82) is 0 Å². The lowest BCUT2D eigenvalue weighted by molar-refractivity contribution is -0.156. The molecule has 2 amide bonds. The highest BCUT2D eigenvalue weighted by Gasteiger charge is 2.62. The van der Waals surface area contributed by atoms with Crippen molar-refractivity contribution in [2.24, 2.45) is 29.1 Å². The van der Waals surface area contributed by atoms with Gasteiger partial charge in [-0.1, -0.05) is 50.6 Å². The van der Waals surface area contributed by atoms with E-state index < -0.39 is 50.1 Å². The summed E-state index contributed by atoms with van der Waals surface area (Å²) in [5.74, 6) is -1.66. The van der Waals surface area contributed by atoms with Crippen molar-refractivity contribution in [2.45, 2.75) is 153 Å². The van der Waals surface area contributed by atoms with Crippen molar-refractivity contribution in [2.75, 3.05) is 6.54 Å². The molecule has 1 aromatic carbocycles. The second kappa shape index (κ2) is 16.2. The van der Waals surface area contributed by atoms with Crippen LogP contribution in [0.4, 0.5) is 0 Å². The number of hydrogen-bond donors (Lipinski definition) is 1. The summed E-state index contributed by atoms with van der Waals surface area (Å²) in [7, 11) is -3.95. The topological polar surface area (TPSA) is 158 Å². The molecule has 13 heteroatoms. The molecule has 314 valence electrons. The number of ether oxygens (including phenoxy) is 3. The summed E-state index contributed by atoms with van der Waals surface area (Å²) in [4.78, 5) is 63.7. The van der Waals surface area contributed by atoms with Crippen LogP contribution in [0.2, 0.25) is 0 Å². The van der Waals surface area contributed by atoms with Crippen molar-refractivity contribution in [1.82, 2.24) is 14.6 Å². The third-order valence-electron chi connectivity index (χ3n) is 13.9. The molecule has 2 aliphatic heterocycles. The normalized spacial score (nSPS) is 32.2. The highest BCUT2D eigenvalue weighted by Crippen LogP contribution is 2.58. The number of carbonyl (C=O) groups is 4. The fraction of sp³-hybridized carbons (Fsp3) is 0.667. The van der Waals surface area contributed by atoms with E-state index >= 15 is 4.79 Å². The lowest BCUT2D eigenvalue weighted by Crippen LogP contribution is -2.48. The summed E-state index contributed by atoms with van der Waals surface area (Å²) in [6, 6.07) is 6.75. The monoisotopic (exact) mass is 817 g/mol. The molecule has 0 spiro atoms. The summed E-state index contributed by atoms with van der Waals surface area (Å²) in [5.41, 5.74) is -1.25. The summed E-state index contributed by atoms with van der Waals surface area (Å²) in [5, 5.41) is 1.61. The molecule has 12 nitrogen and oxygen atoms in total. The minimum Gasteiger partial charge on any atom is -0.488 e. The number of esters is 1. The predicted molar refractivity (Wildman–Crippen MR) is 217 cm³/mol. The van der Waals surface area contributed by atoms with Gasteiger partial charge < -0.3 is 19.1 Å². The maximum atomic E-state index is 15.0. The number of sulfonamides is 1. The number of nitrogens with one attached hydrogen (secondary N) is 1. The Balaban J connectivity index is 1.10. The first-order chi connectivity index (χ1) is 27.7. The first-order valence-corrected chi connectivity index (χ1v) is 23.2. The summed E-state index contributed by atoms with van der Waals surface area (Å²) >= 11 is 0. The Hall–Kier alpha value is -4.00. The van der Waals surface area contributed by atoms with Crippen LogP contribution in [0.5, 0.6) is 11.6 Å². The molecule has 1 N–H and O–H groups in total. The van der Waals surface area contributed by atoms with Gasteiger partial charge in [0.1, 0.15) is 18.0 Å². The lowest BCUT2D eigenvalue weighted by Gasteiger charge is -2.32. The van der Waals surface area contributed by atoms with E-state index in [9.17, 15) is 22.8 Å².